The van der Waals surface area contributed by atoms with Crippen molar-refractivity contribution in [3.05, 3.63) is 42.0 Å². The molecule has 1 aliphatic rings. The lowest BCUT2D eigenvalue weighted by molar-refractivity contribution is 0.194. The highest BCUT2D eigenvalue weighted by atomic mass is 32.2. The number of nitrogens with one attached hydrogen (secondary N) is 2. The Morgan fingerprint density at radius 1 is 1.18 bits per heavy atom. The highest BCUT2D eigenvalue weighted by Crippen LogP contribution is 2.05. The second-order valence-electron chi connectivity index (χ2n) is 6.86. The van der Waals surface area contributed by atoms with Crippen LogP contribution in [0.1, 0.15) is 18.9 Å². The molecule has 2 N–H and O–H groups in total. The van der Waals surface area contributed by atoms with Gasteiger partial charge in [-0.25, -0.2) is 13.1 Å². The zero-order valence-electron chi connectivity index (χ0n) is 17.0. The van der Waals surface area contributed by atoms with Crippen LogP contribution in [0.3, 0.4) is 0 Å². The molecule has 1 aromatic rings. The number of sulfonamides is 1. The van der Waals surface area contributed by atoms with Gasteiger partial charge in [0.15, 0.2) is 5.96 Å². The maximum Gasteiger partial charge on any atom is 0.208 e. The molecule has 0 radical (unpaired) electrons. The second kappa shape index (κ2) is 11.8. The Kier molecular flexibility index (Phi) is 9.46. The van der Waals surface area contributed by atoms with E-state index in [1.807, 2.05) is 6.07 Å². The van der Waals surface area contributed by atoms with Gasteiger partial charge in [-0.15, -0.1) is 0 Å². The molecule has 7 nitrogen and oxygen atoms in total. The molecule has 8 heteroatoms. The molecule has 28 heavy (non-hydrogen) atoms. The average Bonchev–Trinajstić information content (AvgIpc) is 2.67. The van der Waals surface area contributed by atoms with Gasteiger partial charge in [0.05, 0.1) is 6.26 Å². The van der Waals surface area contributed by atoms with Gasteiger partial charge >= 0.3 is 0 Å². The molecule has 0 spiro atoms. The van der Waals surface area contributed by atoms with Crippen molar-refractivity contribution in [3.63, 3.8) is 0 Å². The molecule has 0 aliphatic carbocycles. The van der Waals surface area contributed by atoms with E-state index >= 15 is 0 Å². The van der Waals surface area contributed by atoms with Crippen molar-refractivity contribution in [1.29, 1.82) is 0 Å². The maximum atomic E-state index is 11.1. The van der Waals surface area contributed by atoms with E-state index in [-0.39, 0.29) is 0 Å². The van der Waals surface area contributed by atoms with Crippen molar-refractivity contribution in [1.82, 2.24) is 19.8 Å². The molecule has 1 saturated heterocycles. The van der Waals surface area contributed by atoms with E-state index in [4.69, 9.17) is 0 Å². The molecule has 2 rings (SSSR count). The van der Waals surface area contributed by atoms with E-state index in [1.54, 1.807) is 0 Å². The molecule has 156 valence electrons. The summed E-state index contributed by atoms with van der Waals surface area (Å²) < 4.78 is 24.7. The van der Waals surface area contributed by atoms with Crippen molar-refractivity contribution in [2.75, 3.05) is 58.6 Å². The fourth-order valence-electron chi connectivity index (χ4n) is 2.99. The molecular weight excluding hydrogens is 374 g/mol. The Morgan fingerprint density at radius 2 is 1.89 bits per heavy atom. The lowest BCUT2D eigenvalue weighted by atomic mass is 10.2. The predicted octanol–water partition coefficient (Wildman–Crippen LogP) is 1.22. The van der Waals surface area contributed by atoms with E-state index < -0.39 is 10.0 Å². The van der Waals surface area contributed by atoms with Crippen LogP contribution in [-0.2, 0) is 10.0 Å². The summed E-state index contributed by atoms with van der Waals surface area (Å²) in [6.45, 7) is 8.73. The molecule has 1 aromatic carbocycles. The second-order valence-corrected chi connectivity index (χ2v) is 8.69. The molecule has 0 unspecified atom stereocenters. The Morgan fingerprint density at radius 3 is 2.54 bits per heavy atom. The minimum absolute atomic E-state index is 0.420. The fraction of sp³-hybridized carbons (Fsp3) is 0.550. The first kappa shape index (κ1) is 22.4. The fourth-order valence-corrected chi connectivity index (χ4v) is 3.51. The minimum atomic E-state index is -3.12. The van der Waals surface area contributed by atoms with Gasteiger partial charge in [0, 0.05) is 52.4 Å². The summed E-state index contributed by atoms with van der Waals surface area (Å²) in [4.78, 5) is 9.37. The number of aliphatic imine (C=N–C) groups is 1. The van der Waals surface area contributed by atoms with Crippen molar-refractivity contribution in [3.8, 4) is 0 Å². The molecular formula is C20H33N5O2S. The van der Waals surface area contributed by atoms with Crippen LogP contribution in [0.5, 0.6) is 0 Å². The highest BCUT2D eigenvalue weighted by molar-refractivity contribution is 7.88. The minimum Gasteiger partial charge on any atom is -0.357 e. The van der Waals surface area contributed by atoms with Gasteiger partial charge in [-0.3, -0.25) is 9.89 Å². The zero-order chi connectivity index (χ0) is 20.2. The number of hydrogen-bond donors (Lipinski definition) is 2. The Balaban J connectivity index is 1.75. The third kappa shape index (κ3) is 8.86. The molecule has 0 bridgehead atoms. The zero-order valence-corrected chi connectivity index (χ0v) is 17.8. The molecule has 1 fully saturated rings. The number of nitrogens with zero attached hydrogens (tertiary/aromatic N) is 3. The third-order valence-corrected chi connectivity index (χ3v) is 5.17. The van der Waals surface area contributed by atoms with Crippen LogP contribution in [0.15, 0.2) is 41.4 Å². The van der Waals surface area contributed by atoms with E-state index in [1.165, 1.54) is 11.8 Å². The van der Waals surface area contributed by atoms with Gasteiger partial charge in [-0.1, -0.05) is 42.5 Å². The smallest absolute Gasteiger partial charge is 0.208 e. The van der Waals surface area contributed by atoms with Crippen LogP contribution in [0.4, 0.5) is 0 Å². The van der Waals surface area contributed by atoms with Gasteiger partial charge in [-0.05, 0) is 18.9 Å². The largest absolute Gasteiger partial charge is 0.357 e. The topological polar surface area (TPSA) is 77.0 Å². The molecule has 0 atom stereocenters. The van der Waals surface area contributed by atoms with Crippen molar-refractivity contribution < 1.29 is 8.42 Å². The molecule has 1 aliphatic heterocycles. The quantitative estimate of drug-likeness (QED) is 0.366. The Labute approximate surface area is 169 Å². The summed E-state index contributed by atoms with van der Waals surface area (Å²) in [5.41, 5.74) is 1.23. The van der Waals surface area contributed by atoms with Gasteiger partial charge in [0.2, 0.25) is 10.0 Å². The van der Waals surface area contributed by atoms with Crippen molar-refractivity contribution in [2.24, 2.45) is 4.99 Å². The molecule has 0 aromatic heterocycles. The van der Waals surface area contributed by atoms with Crippen molar-refractivity contribution in [2.45, 2.75) is 13.3 Å². The van der Waals surface area contributed by atoms with Crippen LogP contribution >= 0.6 is 0 Å². The lowest BCUT2D eigenvalue weighted by Gasteiger charge is -2.36. The van der Waals surface area contributed by atoms with E-state index in [0.29, 0.717) is 19.5 Å². The SMILES string of the molecule is CCNC(=NCCCNS(C)(=O)=O)N1CCN(C/C=C/c2ccccc2)CC1. The first-order chi connectivity index (χ1) is 13.5. The summed E-state index contributed by atoms with van der Waals surface area (Å²) in [6.07, 6.45) is 6.25. The highest BCUT2D eigenvalue weighted by Gasteiger charge is 2.18. The number of guanidine groups is 1. The summed E-state index contributed by atoms with van der Waals surface area (Å²) in [5, 5.41) is 3.34. The standard InChI is InChI=1S/C20H33N5O2S/c1-3-21-20(22-12-8-13-23-28(2,26)27)25-17-15-24(16-18-25)14-7-11-19-9-5-4-6-10-19/h4-7,9-11,23H,3,8,12-18H2,1-2H3,(H,21,22)/b11-7+. The number of rotatable bonds is 9. The monoisotopic (exact) mass is 407 g/mol. The van der Waals surface area contributed by atoms with Crippen LogP contribution in [-0.4, -0.2) is 82.8 Å². The van der Waals surface area contributed by atoms with Gasteiger partial charge in [0.1, 0.15) is 0 Å². The van der Waals surface area contributed by atoms with Gasteiger partial charge in [-0.2, -0.15) is 0 Å². The molecule has 0 saturated carbocycles. The molecule has 1 heterocycles. The lowest BCUT2D eigenvalue weighted by Crippen LogP contribution is -2.52. The van der Waals surface area contributed by atoms with Crippen LogP contribution < -0.4 is 10.0 Å². The van der Waals surface area contributed by atoms with Crippen LogP contribution in [0.25, 0.3) is 6.08 Å². The van der Waals surface area contributed by atoms with E-state index in [2.05, 4.69) is 68.2 Å². The normalized spacial score (nSPS) is 16.6. The van der Waals surface area contributed by atoms with Crippen molar-refractivity contribution >= 4 is 22.1 Å². The predicted molar refractivity (Wildman–Crippen MR) is 117 cm³/mol. The van der Waals surface area contributed by atoms with E-state index in [9.17, 15) is 8.42 Å². The Bertz CT molecular complexity index is 726. The summed E-state index contributed by atoms with van der Waals surface area (Å²) in [7, 11) is -3.12. The third-order valence-electron chi connectivity index (χ3n) is 4.44. The Hall–Kier alpha value is -1.90. The van der Waals surface area contributed by atoms with E-state index in [0.717, 1.165) is 45.2 Å². The number of hydrogen-bond acceptors (Lipinski definition) is 4. The average molecular weight is 408 g/mol. The van der Waals surface area contributed by atoms with Crippen LogP contribution in [0, 0.1) is 0 Å². The first-order valence-electron chi connectivity index (χ1n) is 9.90. The summed E-state index contributed by atoms with van der Waals surface area (Å²) in [5.74, 6) is 0.918. The first-order valence-corrected chi connectivity index (χ1v) is 11.8. The van der Waals surface area contributed by atoms with Gasteiger partial charge < -0.3 is 10.2 Å². The van der Waals surface area contributed by atoms with Gasteiger partial charge in [0.25, 0.3) is 0 Å². The summed E-state index contributed by atoms with van der Waals surface area (Å²) in [6, 6.07) is 10.4. The summed E-state index contributed by atoms with van der Waals surface area (Å²) >= 11 is 0. The maximum absolute atomic E-state index is 11.1. The number of benzene rings is 1. The number of piperazine rings is 1. The molecule has 0 amide bonds. The van der Waals surface area contributed by atoms with Crippen LogP contribution in [0.2, 0.25) is 0 Å².